The van der Waals surface area contributed by atoms with Crippen molar-refractivity contribution in [2.24, 2.45) is 0 Å². The summed E-state index contributed by atoms with van der Waals surface area (Å²) in [5.41, 5.74) is 5.60. The number of para-hydroxylation sites is 2. The Kier molecular flexibility index (Phi) is 5.38. The number of carbonyl (C=O) groups excluding carboxylic acids is 3. The molecule has 0 aliphatic carbocycles. The molecule has 0 aromatic heterocycles. The lowest BCUT2D eigenvalue weighted by atomic mass is 10.2. The molecule has 0 radical (unpaired) electrons. The smallest absolute Gasteiger partial charge is 0.269 e. The maximum Gasteiger partial charge on any atom is 0.269 e. The lowest BCUT2D eigenvalue weighted by Gasteiger charge is -2.29. The first kappa shape index (κ1) is 17.8. The Hall–Kier alpha value is -3.06. The number of nitrogens with zero attached hydrogens (tertiary/aromatic N) is 1. The van der Waals surface area contributed by atoms with E-state index >= 15 is 0 Å². The van der Waals surface area contributed by atoms with Crippen LogP contribution < -0.4 is 20.5 Å². The molecule has 0 bridgehead atoms. The highest BCUT2D eigenvalue weighted by atomic mass is 35.5. The highest BCUT2D eigenvalue weighted by Crippen LogP contribution is 2.31. The maximum atomic E-state index is 12.0. The van der Waals surface area contributed by atoms with Gasteiger partial charge >= 0.3 is 0 Å². The number of hydrazine groups is 1. The van der Waals surface area contributed by atoms with E-state index in [1.165, 1.54) is 11.0 Å². The average molecular weight is 374 g/mol. The molecule has 0 saturated heterocycles. The Morgan fingerprint density at radius 3 is 2.73 bits per heavy atom. The van der Waals surface area contributed by atoms with Crippen molar-refractivity contribution < 1.29 is 19.1 Å². The molecule has 0 atom stereocenters. The van der Waals surface area contributed by atoms with Gasteiger partial charge in [-0.15, -0.1) is 0 Å². The van der Waals surface area contributed by atoms with E-state index in [9.17, 15) is 14.4 Å². The Morgan fingerprint density at radius 2 is 1.92 bits per heavy atom. The van der Waals surface area contributed by atoms with Gasteiger partial charge in [0, 0.05) is 23.6 Å². The third kappa shape index (κ3) is 4.12. The number of hydrogen-bond donors (Lipinski definition) is 2. The molecule has 26 heavy (non-hydrogen) atoms. The summed E-state index contributed by atoms with van der Waals surface area (Å²) in [4.78, 5) is 37.5. The van der Waals surface area contributed by atoms with Crippen molar-refractivity contribution in [3.8, 4) is 5.75 Å². The van der Waals surface area contributed by atoms with Gasteiger partial charge in [0.1, 0.15) is 5.75 Å². The molecule has 7 nitrogen and oxygen atoms in total. The normalized spacial score (nSPS) is 12.8. The summed E-state index contributed by atoms with van der Waals surface area (Å²) in [6, 6.07) is 13.5. The van der Waals surface area contributed by atoms with Crippen LogP contribution in [0.3, 0.4) is 0 Å². The van der Waals surface area contributed by atoms with Crippen LogP contribution in [0.2, 0.25) is 5.02 Å². The van der Waals surface area contributed by atoms with Crippen LogP contribution in [0.5, 0.6) is 5.75 Å². The summed E-state index contributed by atoms with van der Waals surface area (Å²) in [5, 5.41) is 0.425. The summed E-state index contributed by atoms with van der Waals surface area (Å²) in [6.45, 7) is 0.113. The quantitative estimate of drug-likeness (QED) is 0.801. The number of fused-ring (bicyclic) bond motifs is 1. The molecule has 1 aliphatic rings. The van der Waals surface area contributed by atoms with Crippen LogP contribution in [0.15, 0.2) is 48.5 Å². The lowest BCUT2D eigenvalue weighted by Crippen LogP contribution is -2.44. The molecule has 0 spiro atoms. The molecule has 2 aromatic rings. The lowest BCUT2D eigenvalue weighted by molar-refractivity contribution is -0.122. The van der Waals surface area contributed by atoms with Gasteiger partial charge in [-0.3, -0.25) is 25.2 Å². The fourth-order valence-electron chi connectivity index (χ4n) is 2.50. The summed E-state index contributed by atoms with van der Waals surface area (Å²) in [7, 11) is 0. The molecular formula is C18H16ClN3O4. The van der Waals surface area contributed by atoms with Crippen molar-refractivity contribution in [3.63, 3.8) is 0 Å². The Labute approximate surface area is 154 Å². The van der Waals surface area contributed by atoms with Gasteiger partial charge in [-0.2, -0.15) is 0 Å². The minimum atomic E-state index is -0.478. The van der Waals surface area contributed by atoms with Gasteiger partial charge in [-0.1, -0.05) is 29.8 Å². The minimum Gasteiger partial charge on any atom is -0.482 e. The van der Waals surface area contributed by atoms with Crippen molar-refractivity contribution in [1.82, 2.24) is 10.9 Å². The predicted octanol–water partition coefficient (Wildman–Crippen LogP) is 1.92. The molecule has 2 N–H and O–H groups in total. The summed E-state index contributed by atoms with van der Waals surface area (Å²) < 4.78 is 5.35. The SMILES string of the molecule is O=C(CCN1C(=O)COc2ccccc21)NNC(=O)c1cccc(Cl)c1. The van der Waals surface area contributed by atoms with Crippen LogP contribution in [0.4, 0.5) is 5.69 Å². The van der Waals surface area contributed by atoms with Crippen LogP contribution in [0.1, 0.15) is 16.8 Å². The zero-order chi connectivity index (χ0) is 18.5. The molecule has 0 unspecified atom stereocenters. The number of rotatable bonds is 4. The Balaban J connectivity index is 1.53. The van der Waals surface area contributed by atoms with E-state index in [-0.39, 0.29) is 25.5 Å². The van der Waals surface area contributed by atoms with Crippen LogP contribution >= 0.6 is 11.6 Å². The molecular weight excluding hydrogens is 358 g/mol. The number of ether oxygens (including phenoxy) is 1. The third-order valence-electron chi connectivity index (χ3n) is 3.77. The maximum absolute atomic E-state index is 12.0. The second kappa shape index (κ2) is 7.88. The molecule has 1 heterocycles. The van der Waals surface area contributed by atoms with Crippen molar-refractivity contribution in [2.45, 2.75) is 6.42 Å². The van der Waals surface area contributed by atoms with E-state index in [0.29, 0.717) is 22.0 Å². The van der Waals surface area contributed by atoms with E-state index in [4.69, 9.17) is 16.3 Å². The number of anilines is 1. The highest BCUT2D eigenvalue weighted by molar-refractivity contribution is 6.30. The number of benzene rings is 2. The number of amides is 3. The van der Waals surface area contributed by atoms with E-state index in [1.54, 1.807) is 36.4 Å². The molecule has 134 valence electrons. The number of carbonyl (C=O) groups is 3. The van der Waals surface area contributed by atoms with E-state index in [0.717, 1.165) is 0 Å². The molecule has 8 heteroatoms. The minimum absolute atomic E-state index is 0.0237. The Bertz CT molecular complexity index is 856. The van der Waals surface area contributed by atoms with Gasteiger partial charge in [0.05, 0.1) is 5.69 Å². The summed E-state index contributed by atoms with van der Waals surface area (Å²) >= 11 is 5.83. The van der Waals surface area contributed by atoms with E-state index in [2.05, 4.69) is 10.9 Å². The van der Waals surface area contributed by atoms with Gasteiger partial charge in [-0.25, -0.2) is 0 Å². The molecule has 3 amide bonds. The van der Waals surface area contributed by atoms with Crippen molar-refractivity contribution >= 4 is 35.0 Å². The monoisotopic (exact) mass is 373 g/mol. The van der Waals surface area contributed by atoms with Gasteiger partial charge in [0.2, 0.25) is 5.91 Å². The standard InChI is InChI=1S/C18H16ClN3O4/c19-13-5-3-4-12(10-13)18(25)21-20-16(23)8-9-22-14-6-1-2-7-15(14)26-11-17(22)24/h1-7,10H,8-9,11H2,(H,20,23)(H,21,25). The van der Waals surface area contributed by atoms with Crippen molar-refractivity contribution in [2.75, 3.05) is 18.1 Å². The van der Waals surface area contributed by atoms with Crippen molar-refractivity contribution in [3.05, 3.63) is 59.1 Å². The summed E-state index contributed by atoms with van der Waals surface area (Å²) in [5.74, 6) is -0.521. The van der Waals surface area contributed by atoms with Gasteiger partial charge in [-0.05, 0) is 30.3 Å². The fraction of sp³-hybridized carbons (Fsp3) is 0.167. The first-order valence-corrected chi connectivity index (χ1v) is 8.29. The Morgan fingerprint density at radius 1 is 1.12 bits per heavy atom. The van der Waals surface area contributed by atoms with Gasteiger partial charge < -0.3 is 9.64 Å². The topological polar surface area (TPSA) is 87.7 Å². The van der Waals surface area contributed by atoms with Crippen LogP contribution in [0, 0.1) is 0 Å². The predicted molar refractivity (Wildman–Crippen MR) is 96.0 cm³/mol. The second-order valence-corrected chi connectivity index (χ2v) is 6.00. The van der Waals surface area contributed by atoms with E-state index < -0.39 is 11.8 Å². The number of halogens is 1. The van der Waals surface area contributed by atoms with Crippen molar-refractivity contribution in [1.29, 1.82) is 0 Å². The largest absolute Gasteiger partial charge is 0.482 e. The molecule has 0 fully saturated rings. The van der Waals surface area contributed by atoms with Crippen LogP contribution in [0.25, 0.3) is 0 Å². The number of hydrogen-bond acceptors (Lipinski definition) is 4. The van der Waals surface area contributed by atoms with E-state index in [1.807, 2.05) is 6.07 Å². The zero-order valence-electron chi connectivity index (χ0n) is 13.7. The first-order valence-electron chi connectivity index (χ1n) is 7.91. The third-order valence-corrected chi connectivity index (χ3v) is 4.01. The molecule has 3 rings (SSSR count). The molecule has 1 aliphatic heterocycles. The van der Waals surface area contributed by atoms with Gasteiger partial charge in [0.15, 0.2) is 6.61 Å². The fourth-order valence-corrected chi connectivity index (χ4v) is 2.69. The van der Waals surface area contributed by atoms with Crippen LogP contribution in [-0.4, -0.2) is 30.9 Å². The second-order valence-electron chi connectivity index (χ2n) is 5.56. The molecule has 2 aromatic carbocycles. The number of nitrogens with one attached hydrogen (secondary N) is 2. The highest BCUT2D eigenvalue weighted by Gasteiger charge is 2.25. The van der Waals surface area contributed by atoms with Crippen LogP contribution in [-0.2, 0) is 9.59 Å². The molecule has 0 saturated carbocycles. The van der Waals surface area contributed by atoms with Gasteiger partial charge in [0.25, 0.3) is 11.8 Å². The summed E-state index contributed by atoms with van der Waals surface area (Å²) in [6.07, 6.45) is 0.0237. The first-order chi connectivity index (χ1) is 12.5. The zero-order valence-corrected chi connectivity index (χ0v) is 14.5. The average Bonchev–Trinajstić information content (AvgIpc) is 2.65.